The number of ether oxygens (including phenoxy) is 1. The summed E-state index contributed by atoms with van der Waals surface area (Å²) in [6, 6.07) is 5.51. The van der Waals surface area contributed by atoms with E-state index >= 15 is 0 Å². The number of hydrogen-bond donors (Lipinski definition) is 0. The highest BCUT2D eigenvalue weighted by Gasteiger charge is 2.16. The molecule has 0 saturated carbocycles. The van der Waals surface area contributed by atoms with Gasteiger partial charge in [0.1, 0.15) is 11.9 Å². The van der Waals surface area contributed by atoms with Gasteiger partial charge >= 0.3 is 5.97 Å². The van der Waals surface area contributed by atoms with Crippen LogP contribution in [0.25, 0.3) is 0 Å². The minimum atomic E-state index is -0.347. The van der Waals surface area contributed by atoms with Gasteiger partial charge in [0.15, 0.2) is 0 Å². The van der Waals surface area contributed by atoms with Crippen LogP contribution in [0.3, 0.4) is 0 Å². The Hall–Kier alpha value is -2.37. The van der Waals surface area contributed by atoms with E-state index in [0.29, 0.717) is 12.1 Å². The van der Waals surface area contributed by atoms with Crippen molar-refractivity contribution in [2.45, 2.75) is 32.4 Å². The SMILES string of the molecule is CC(Cn1cccn1)OC(=O)c1ccc(N2CCCC2)nc1. The van der Waals surface area contributed by atoms with E-state index in [9.17, 15) is 4.79 Å². The van der Waals surface area contributed by atoms with Gasteiger partial charge in [0.05, 0.1) is 12.1 Å². The van der Waals surface area contributed by atoms with Crippen molar-refractivity contribution in [2.75, 3.05) is 18.0 Å². The minimum Gasteiger partial charge on any atom is -0.457 e. The quantitative estimate of drug-likeness (QED) is 0.792. The third-order valence-electron chi connectivity index (χ3n) is 3.73. The molecule has 22 heavy (non-hydrogen) atoms. The fourth-order valence-electron chi connectivity index (χ4n) is 2.60. The molecule has 3 rings (SSSR count). The fourth-order valence-corrected chi connectivity index (χ4v) is 2.60. The molecule has 3 heterocycles. The second kappa shape index (κ2) is 6.60. The number of pyridine rings is 1. The summed E-state index contributed by atoms with van der Waals surface area (Å²) >= 11 is 0. The van der Waals surface area contributed by atoms with E-state index in [2.05, 4.69) is 15.0 Å². The van der Waals surface area contributed by atoms with Crippen LogP contribution in [0.1, 0.15) is 30.1 Å². The standard InChI is InChI=1S/C16H20N4O2/c1-13(12-20-10-4-7-18-20)22-16(21)14-5-6-15(17-11-14)19-8-2-3-9-19/h4-7,10-11,13H,2-3,8-9,12H2,1H3. The molecule has 1 atom stereocenters. The number of carbonyl (C=O) groups excluding carboxylic acids is 1. The van der Waals surface area contributed by atoms with E-state index < -0.39 is 0 Å². The molecule has 0 spiro atoms. The van der Waals surface area contributed by atoms with Crippen molar-refractivity contribution in [3.8, 4) is 0 Å². The second-order valence-corrected chi connectivity index (χ2v) is 5.54. The summed E-state index contributed by atoms with van der Waals surface area (Å²) in [6.07, 6.45) is 7.31. The van der Waals surface area contributed by atoms with Crippen molar-refractivity contribution < 1.29 is 9.53 Å². The lowest BCUT2D eigenvalue weighted by Gasteiger charge is -2.16. The molecule has 2 aromatic heterocycles. The summed E-state index contributed by atoms with van der Waals surface area (Å²) in [5.74, 6) is 0.582. The molecule has 2 aromatic rings. The zero-order valence-electron chi connectivity index (χ0n) is 12.7. The Morgan fingerprint density at radius 1 is 1.36 bits per heavy atom. The predicted octanol–water partition coefficient (Wildman–Crippen LogP) is 2.12. The maximum atomic E-state index is 12.1. The average molecular weight is 300 g/mol. The molecule has 1 saturated heterocycles. The van der Waals surface area contributed by atoms with E-state index in [1.807, 2.05) is 25.3 Å². The van der Waals surface area contributed by atoms with Crippen LogP contribution in [0.2, 0.25) is 0 Å². The molecule has 116 valence electrons. The molecule has 0 radical (unpaired) electrons. The number of rotatable bonds is 5. The van der Waals surface area contributed by atoms with Crippen molar-refractivity contribution in [1.29, 1.82) is 0 Å². The van der Waals surface area contributed by atoms with E-state index in [1.165, 1.54) is 12.8 Å². The molecule has 6 nitrogen and oxygen atoms in total. The van der Waals surface area contributed by atoms with E-state index in [1.54, 1.807) is 23.1 Å². The van der Waals surface area contributed by atoms with Gasteiger partial charge in [0.25, 0.3) is 0 Å². The summed E-state index contributed by atoms with van der Waals surface area (Å²) < 4.78 is 7.16. The molecule has 0 N–H and O–H groups in total. The minimum absolute atomic E-state index is 0.245. The van der Waals surface area contributed by atoms with Crippen molar-refractivity contribution in [1.82, 2.24) is 14.8 Å². The number of nitrogens with zero attached hydrogens (tertiary/aromatic N) is 4. The Morgan fingerprint density at radius 3 is 2.82 bits per heavy atom. The van der Waals surface area contributed by atoms with Gasteiger partial charge < -0.3 is 9.64 Å². The van der Waals surface area contributed by atoms with E-state index in [0.717, 1.165) is 18.9 Å². The molecule has 6 heteroatoms. The molecule has 1 unspecified atom stereocenters. The van der Waals surface area contributed by atoms with Crippen molar-refractivity contribution in [3.05, 3.63) is 42.4 Å². The lowest BCUT2D eigenvalue weighted by molar-refractivity contribution is 0.0298. The molecule has 0 amide bonds. The lowest BCUT2D eigenvalue weighted by atomic mass is 10.2. The molecular weight excluding hydrogens is 280 g/mol. The monoisotopic (exact) mass is 300 g/mol. The third-order valence-corrected chi connectivity index (χ3v) is 3.73. The summed E-state index contributed by atoms with van der Waals surface area (Å²) in [6.45, 7) is 4.47. The molecular formula is C16H20N4O2. The largest absolute Gasteiger partial charge is 0.457 e. The van der Waals surface area contributed by atoms with Crippen LogP contribution in [0.15, 0.2) is 36.8 Å². The van der Waals surface area contributed by atoms with Crippen LogP contribution >= 0.6 is 0 Å². The molecule has 0 aliphatic carbocycles. The van der Waals surface area contributed by atoms with Gasteiger partial charge in [-0.2, -0.15) is 5.10 Å². The number of aromatic nitrogens is 3. The van der Waals surface area contributed by atoms with Crippen LogP contribution in [-0.2, 0) is 11.3 Å². The Balaban J connectivity index is 1.57. The zero-order chi connectivity index (χ0) is 15.4. The first-order valence-corrected chi connectivity index (χ1v) is 7.62. The van der Waals surface area contributed by atoms with E-state index in [4.69, 9.17) is 4.74 Å². The smallest absolute Gasteiger partial charge is 0.340 e. The van der Waals surface area contributed by atoms with Crippen LogP contribution in [0.5, 0.6) is 0 Å². The van der Waals surface area contributed by atoms with Crippen LogP contribution in [0.4, 0.5) is 5.82 Å². The highest BCUT2D eigenvalue weighted by molar-refractivity contribution is 5.89. The van der Waals surface area contributed by atoms with E-state index in [-0.39, 0.29) is 12.1 Å². The van der Waals surface area contributed by atoms with Gasteiger partial charge in [-0.3, -0.25) is 4.68 Å². The Kier molecular flexibility index (Phi) is 4.37. The third kappa shape index (κ3) is 3.44. The Bertz CT molecular complexity index is 604. The average Bonchev–Trinajstić information content (AvgIpc) is 3.20. The van der Waals surface area contributed by atoms with Crippen molar-refractivity contribution in [2.24, 2.45) is 0 Å². The van der Waals surface area contributed by atoms with Gasteiger partial charge in [-0.15, -0.1) is 0 Å². The first kappa shape index (κ1) is 14.6. The fraction of sp³-hybridized carbons (Fsp3) is 0.438. The number of esters is 1. The molecule has 1 aliphatic rings. The molecule has 1 aliphatic heterocycles. The van der Waals surface area contributed by atoms with Gasteiger partial charge in [-0.05, 0) is 38.0 Å². The second-order valence-electron chi connectivity index (χ2n) is 5.54. The first-order valence-electron chi connectivity index (χ1n) is 7.62. The summed E-state index contributed by atoms with van der Waals surface area (Å²) in [5, 5.41) is 4.10. The highest BCUT2D eigenvalue weighted by Crippen LogP contribution is 2.18. The van der Waals surface area contributed by atoms with Crippen LogP contribution < -0.4 is 4.90 Å². The summed E-state index contributed by atoms with van der Waals surface area (Å²) in [7, 11) is 0. The maximum Gasteiger partial charge on any atom is 0.340 e. The normalized spacial score (nSPS) is 15.8. The lowest BCUT2D eigenvalue weighted by Crippen LogP contribution is -2.22. The maximum absolute atomic E-state index is 12.1. The van der Waals surface area contributed by atoms with Crippen LogP contribution in [0, 0.1) is 0 Å². The zero-order valence-corrected chi connectivity index (χ0v) is 12.7. The van der Waals surface area contributed by atoms with Gasteiger partial charge in [-0.1, -0.05) is 0 Å². The van der Waals surface area contributed by atoms with Crippen molar-refractivity contribution in [3.63, 3.8) is 0 Å². The molecule has 1 fully saturated rings. The number of anilines is 1. The van der Waals surface area contributed by atoms with Gasteiger partial charge in [-0.25, -0.2) is 9.78 Å². The molecule has 0 bridgehead atoms. The number of hydrogen-bond acceptors (Lipinski definition) is 5. The summed E-state index contributed by atoms with van der Waals surface area (Å²) in [4.78, 5) is 18.7. The predicted molar refractivity (Wildman–Crippen MR) is 82.8 cm³/mol. The van der Waals surface area contributed by atoms with Crippen molar-refractivity contribution >= 4 is 11.8 Å². The Labute approximate surface area is 129 Å². The summed E-state index contributed by atoms with van der Waals surface area (Å²) in [5.41, 5.74) is 0.482. The van der Waals surface area contributed by atoms with Gasteiger partial charge in [0, 0.05) is 31.7 Å². The number of carbonyl (C=O) groups is 1. The van der Waals surface area contributed by atoms with Crippen LogP contribution in [-0.4, -0.2) is 39.9 Å². The molecule has 0 aromatic carbocycles. The first-order chi connectivity index (χ1) is 10.7. The Morgan fingerprint density at radius 2 is 2.18 bits per heavy atom. The highest BCUT2D eigenvalue weighted by atomic mass is 16.5. The van der Waals surface area contributed by atoms with Gasteiger partial charge in [0.2, 0.25) is 0 Å². The topological polar surface area (TPSA) is 60.3 Å².